The molecule has 8 nitrogen and oxygen atoms in total. The van der Waals surface area contributed by atoms with Crippen molar-refractivity contribution < 1.29 is 4.74 Å². The third-order valence-corrected chi connectivity index (χ3v) is 3.86. The second kappa shape index (κ2) is 6.75. The average molecular weight is 349 g/mol. The topological polar surface area (TPSA) is 88.9 Å². The number of pyridine rings is 2. The first-order valence-corrected chi connectivity index (χ1v) is 8.30. The van der Waals surface area contributed by atoms with E-state index in [1.54, 1.807) is 10.9 Å². The summed E-state index contributed by atoms with van der Waals surface area (Å²) < 4.78 is 7.26. The van der Waals surface area contributed by atoms with Crippen molar-refractivity contribution in [2.24, 2.45) is 7.05 Å². The van der Waals surface area contributed by atoms with E-state index in [1.807, 2.05) is 56.8 Å². The molecule has 132 valence electrons. The maximum atomic E-state index is 5.49. The van der Waals surface area contributed by atoms with Gasteiger partial charge >= 0.3 is 0 Å². The molecule has 3 aromatic rings. The predicted octanol–water partition coefficient (Wildman–Crippen LogP) is 2.27. The highest BCUT2D eigenvalue weighted by molar-refractivity contribution is 5.81. The summed E-state index contributed by atoms with van der Waals surface area (Å²) in [5.74, 6) is 2.20. The number of nitrogens with zero attached hydrogens (tertiary/aromatic N) is 4. The Morgan fingerprint density at radius 2 is 2.12 bits per heavy atom. The molecule has 0 saturated heterocycles. The summed E-state index contributed by atoms with van der Waals surface area (Å²) in [4.78, 5) is 9.16. The van der Waals surface area contributed by atoms with Crippen molar-refractivity contribution in [3.05, 3.63) is 60.6 Å². The quantitative estimate of drug-likeness (QED) is 0.651. The standard InChI is InChI=1S/C18H19N7O/c1-3-26-14-7-18(24-20-10-14)23-17-5-4-15-16(22-17)6-12(8-19-15)13-9-21-25(2)11-13/h4-11,20,24H,3H2,1-2H3,(H,22,23). The molecule has 0 fully saturated rings. The van der Waals surface area contributed by atoms with Gasteiger partial charge in [-0.05, 0) is 25.1 Å². The van der Waals surface area contributed by atoms with Crippen LogP contribution in [0.4, 0.5) is 5.82 Å². The number of nitrogens with one attached hydrogen (secondary N) is 3. The van der Waals surface area contributed by atoms with Gasteiger partial charge in [0.2, 0.25) is 0 Å². The third kappa shape index (κ3) is 3.30. The van der Waals surface area contributed by atoms with Gasteiger partial charge in [-0.3, -0.25) is 15.1 Å². The van der Waals surface area contributed by atoms with Crippen LogP contribution >= 0.6 is 0 Å². The highest BCUT2D eigenvalue weighted by atomic mass is 16.5. The number of hydrogen-bond donors (Lipinski definition) is 3. The SMILES string of the molecule is CCOC1=CNNC(Nc2ccc3ncc(-c4cnn(C)c4)cc3n2)=C1. The molecule has 0 saturated carbocycles. The summed E-state index contributed by atoms with van der Waals surface area (Å²) in [6.07, 6.45) is 9.23. The fourth-order valence-electron chi connectivity index (χ4n) is 2.66. The molecule has 0 bridgehead atoms. The summed E-state index contributed by atoms with van der Waals surface area (Å²) in [6.45, 7) is 2.55. The van der Waals surface area contributed by atoms with E-state index in [0.29, 0.717) is 12.4 Å². The van der Waals surface area contributed by atoms with Gasteiger partial charge in [-0.25, -0.2) is 4.98 Å². The summed E-state index contributed by atoms with van der Waals surface area (Å²) in [6, 6.07) is 5.84. The molecule has 0 unspecified atom stereocenters. The van der Waals surface area contributed by atoms with Gasteiger partial charge in [0, 0.05) is 36.6 Å². The smallest absolute Gasteiger partial charge is 0.140 e. The Bertz CT molecular complexity index is 1010. The molecule has 8 heteroatoms. The molecule has 0 aromatic carbocycles. The van der Waals surface area contributed by atoms with Crippen LogP contribution in [0.25, 0.3) is 22.2 Å². The molecular weight excluding hydrogens is 330 g/mol. The summed E-state index contributed by atoms with van der Waals surface area (Å²) in [7, 11) is 1.89. The van der Waals surface area contributed by atoms with Gasteiger partial charge in [0.05, 0.1) is 30.0 Å². The zero-order valence-corrected chi connectivity index (χ0v) is 14.5. The molecule has 4 rings (SSSR count). The first-order valence-electron chi connectivity index (χ1n) is 8.30. The van der Waals surface area contributed by atoms with Crippen LogP contribution in [0.3, 0.4) is 0 Å². The number of fused-ring (bicyclic) bond motifs is 1. The molecule has 4 heterocycles. The van der Waals surface area contributed by atoms with Gasteiger partial charge in [-0.2, -0.15) is 5.10 Å². The van der Waals surface area contributed by atoms with Crippen LogP contribution < -0.4 is 16.2 Å². The van der Waals surface area contributed by atoms with Gasteiger partial charge in [-0.1, -0.05) is 0 Å². The van der Waals surface area contributed by atoms with E-state index in [2.05, 4.69) is 31.2 Å². The lowest BCUT2D eigenvalue weighted by atomic mass is 10.1. The summed E-state index contributed by atoms with van der Waals surface area (Å²) >= 11 is 0. The molecule has 0 amide bonds. The lowest BCUT2D eigenvalue weighted by molar-refractivity contribution is 0.237. The molecule has 0 atom stereocenters. The minimum absolute atomic E-state index is 0.605. The fourth-order valence-corrected chi connectivity index (χ4v) is 2.66. The van der Waals surface area contributed by atoms with E-state index in [0.717, 1.165) is 33.7 Å². The maximum absolute atomic E-state index is 5.49. The number of ether oxygens (including phenoxy) is 1. The van der Waals surface area contributed by atoms with Crippen LogP contribution in [0.1, 0.15) is 6.92 Å². The van der Waals surface area contributed by atoms with Gasteiger partial charge in [0.15, 0.2) is 0 Å². The normalized spacial score (nSPS) is 13.5. The molecule has 0 spiro atoms. The second-order valence-corrected chi connectivity index (χ2v) is 5.79. The van der Waals surface area contributed by atoms with Crippen molar-refractivity contribution in [3.63, 3.8) is 0 Å². The molecule has 0 aliphatic carbocycles. The van der Waals surface area contributed by atoms with E-state index in [4.69, 9.17) is 4.74 Å². The van der Waals surface area contributed by atoms with E-state index < -0.39 is 0 Å². The molecule has 26 heavy (non-hydrogen) atoms. The second-order valence-electron chi connectivity index (χ2n) is 5.79. The maximum Gasteiger partial charge on any atom is 0.140 e. The Morgan fingerprint density at radius 3 is 2.92 bits per heavy atom. The summed E-state index contributed by atoms with van der Waals surface area (Å²) in [5, 5.41) is 7.44. The van der Waals surface area contributed by atoms with Crippen molar-refractivity contribution in [1.82, 2.24) is 30.6 Å². The third-order valence-electron chi connectivity index (χ3n) is 3.86. The van der Waals surface area contributed by atoms with Crippen LogP contribution in [-0.2, 0) is 11.8 Å². The number of aryl methyl sites for hydroxylation is 1. The van der Waals surface area contributed by atoms with E-state index in [9.17, 15) is 0 Å². The molecular formula is C18H19N7O. The van der Waals surface area contributed by atoms with Crippen LogP contribution in [0, 0.1) is 0 Å². The van der Waals surface area contributed by atoms with E-state index in [1.165, 1.54) is 0 Å². The Morgan fingerprint density at radius 1 is 1.19 bits per heavy atom. The molecule has 3 aromatic heterocycles. The predicted molar refractivity (Wildman–Crippen MR) is 99.4 cm³/mol. The monoisotopic (exact) mass is 349 g/mol. The molecule has 1 aliphatic rings. The Kier molecular flexibility index (Phi) is 4.14. The minimum atomic E-state index is 0.605. The van der Waals surface area contributed by atoms with Crippen LogP contribution in [0.5, 0.6) is 0 Å². The lowest BCUT2D eigenvalue weighted by Crippen LogP contribution is -2.33. The first kappa shape index (κ1) is 15.9. The van der Waals surface area contributed by atoms with Crippen molar-refractivity contribution in [2.45, 2.75) is 6.92 Å². The van der Waals surface area contributed by atoms with Gasteiger partial charge in [0.25, 0.3) is 0 Å². The molecule has 3 N–H and O–H groups in total. The van der Waals surface area contributed by atoms with Crippen molar-refractivity contribution in [1.29, 1.82) is 0 Å². The molecule has 1 aliphatic heterocycles. The van der Waals surface area contributed by atoms with Crippen molar-refractivity contribution in [3.8, 4) is 11.1 Å². The van der Waals surface area contributed by atoms with Crippen LogP contribution in [-0.4, -0.2) is 26.4 Å². The molecule has 0 radical (unpaired) electrons. The Balaban J connectivity index is 1.61. The fraction of sp³-hybridized carbons (Fsp3) is 0.167. The highest BCUT2D eigenvalue weighted by Crippen LogP contribution is 2.22. The Hall–Kier alpha value is -3.55. The average Bonchev–Trinajstić information content (AvgIpc) is 3.08. The number of allylic oxidation sites excluding steroid dienone is 1. The van der Waals surface area contributed by atoms with Crippen LogP contribution in [0.15, 0.2) is 60.6 Å². The Labute approximate surface area is 150 Å². The number of hydrazine groups is 1. The van der Waals surface area contributed by atoms with Gasteiger partial charge < -0.3 is 15.5 Å². The zero-order valence-electron chi connectivity index (χ0n) is 14.5. The van der Waals surface area contributed by atoms with Gasteiger partial charge in [0.1, 0.15) is 17.4 Å². The number of hydrogen-bond acceptors (Lipinski definition) is 7. The summed E-state index contributed by atoms with van der Waals surface area (Å²) in [5.41, 5.74) is 9.59. The lowest BCUT2D eigenvalue weighted by Gasteiger charge is -2.18. The first-order chi connectivity index (χ1) is 12.7. The highest BCUT2D eigenvalue weighted by Gasteiger charge is 2.08. The van der Waals surface area contributed by atoms with E-state index in [-0.39, 0.29) is 0 Å². The zero-order chi connectivity index (χ0) is 17.9. The largest absolute Gasteiger partial charge is 0.492 e. The van der Waals surface area contributed by atoms with Gasteiger partial charge in [-0.15, -0.1) is 0 Å². The van der Waals surface area contributed by atoms with Crippen molar-refractivity contribution in [2.75, 3.05) is 11.9 Å². The van der Waals surface area contributed by atoms with E-state index >= 15 is 0 Å². The van der Waals surface area contributed by atoms with Crippen molar-refractivity contribution >= 4 is 16.9 Å². The number of rotatable bonds is 5. The minimum Gasteiger partial charge on any atom is -0.492 e. The van der Waals surface area contributed by atoms with Crippen LogP contribution in [0.2, 0.25) is 0 Å². The number of anilines is 1. The number of aromatic nitrogens is 4.